The van der Waals surface area contributed by atoms with Gasteiger partial charge < -0.3 is 17.2 Å². The first kappa shape index (κ1) is 25.3. The van der Waals surface area contributed by atoms with E-state index in [0.29, 0.717) is 19.6 Å². The fraction of sp³-hybridized carbons (Fsp3) is 0.290. The highest BCUT2D eigenvalue weighted by atomic mass is 14.5. The number of hydrogen-bond acceptors (Lipinski definition) is 3. The minimum Gasteiger partial charge on any atom is -0.330 e. The maximum atomic E-state index is 5.81. The van der Waals surface area contributed by atoms with Crippen molar-refractivity contribution < 1.29 is 0 Å². The molecular formula is C31H35N3. The van der Waals surface area contributed by atoms with Gasteiger partial charge in [0.25, 0.3) is 0 Å². The fourth-order valence-corrected chi connectivity index (χ4v) is 4.06. The molecule has 0 saturated carbocycles. The fourth-order valence-electron chi connectivity index (χ4n) is 4.06. The number of hydrogen-bond donors (Lipinski definition) is 3. The third-order valence-corrected chi connectivity index (χ3v) is 5.74. The van der Waals surface area contributed by atoms with Crippen LogP contribution in [0.5, 0.6) is 0 Å². The van der Waals surface area contributed by atoms with Gasteiger partial charge in [0.2, 0.25) is 0 Å². The molecule has 34 heavy (non-hydrogen) atoms. The van der Waals surface area contributed by atoms with Gasteiger partial charge in [0.1, 0.15) is 0 Å². The Morgan fingerprint density at radius 2 is 0.912 bits per heavy atom. The van der Waals surface area contributed by atoms with Crippen molar-refractivity contribution in [2.45, 2.75) is 39.0 Å². The van der Waals surface area contributed by atoms with Crippen molar-refractivity contribution >= 4 is 0 Å². The number of nitrogens with two attached hydrogens (primary N) is 3. The number of aryl methyl sites for hydroxylation is 1. The predicted octanol–water partition coefficient (Wildman–Crippen LogP) is 3.94. The van der Waals surface area contributed by atoms with Gasteiger partial charge in [-0.1, -0.05) is 55.2 Å². The van der Waals surface area contributed by atoms with Gasteiger partial charge in [-0.2, -0.15) is 0 Å². The van der Waals surface area contributed by atoms with Crippen LogP contribution in [-0.4, -0.2) is 19.6 Å². The molecule has 0 aromatic heterocycles. The van der Waals surface area contributed by atoms with Crippen LogP contribution in [0.1, 0.15) is 57.9 Å². The molecule has 6 N–H and O–H groups in total. The van der Waals surface area contributed by atoms with Gasteiger partial charge >= 0.3 is 0 Å². The number of benzene rings is 3. The SMILES string of the molecule is CCCc1ccc(C#Cc2cccc(C#Cc3ccc(CCN)c(CCN)c3)c2)cc1CCN. The van der Waals surface area contributed by atoms with E-state index in [1.807, 2.05) is 24.3 Å². The van der Waals surface area contributed by atoms with Gasteiger partial charge in [0.05, 0.1) is 0 Å². The van der Waals surface area contributed by atoms with Crippen molar-refractivity contribution in [2.75, 3.05) is 19.6 Å². The van der Waals surface area contributed by atoms with Crippen molar-refractivity contribution in [3.63, 3.8) is 0 Å². The van der Waals surface area contributed by atoms with E-state index < -0.39 is 0 Å². The van der Waals surface area contributed by atoms with Crippen LogP contribution in [0.2, 0.25) is 0 Å². The van der Waals surface area contributed by atoms with E-state index in [9.17, 15) is 0 Å². The van der Waals surface area contributed by atoms with Crippen molar-refractivity contribution in [3.8, 4) is 23.7 Å². The lowest BCUT2D eigenvalue weighted by Crippen LogP contribution is -2.09. The smallest absolute Gasteiger partial charge is 0.0261 e. The normalized spacial score (nSPS) is 10.2. The molecule has 3 aromatic rings. The van der Waals surface area contributed by atoms with E-state index >= 15 is 0 Å². The van der Waals surface area contributed by atoms with Gasteiger partial charge in [-0.05, 0) is 110 Å². The lowest BCUT2D eigenvalue weighted by Gasteiger charge is -2.08. The lowest BCUT2D eigenvalue weighted by atomic mass is 9.98. The Morgan fingerprint density at radius 1 is 0.500 bits per heavy atom. The summed E-state index contributed by atoms with van der Waals surface area (Å²) in [5.74, 6) is 13.2. The summed E-state index contributed by atoms with van der Waals surface area (Å²) >= 11 is 0. The Morgan fingerprint density at radius 3 is 1.35 bits per heavy atom. The van der Waals surface area contributed by atoms with E-state index in [1.165, 1.54) is 22.3 Å². The van der Waals surface area contributed by atoms with Crippen molar-refractivity contribution in [1.29, 1.82) is 0 Å². The molecule has 3 aromatic carbocycles. The molecule has 0 amide bonds. The molecule has 0 atom stereocenters. The van der Waals surface area contributed by atoms with Crippen LogP contribution in [0, 0.1) is 23.7 Å². The molecule has 0 bridgehead atoms. The summed E-state index contributed by atoms with van der Waals surface area (Å²) in [6, 6.07) is 20.9. The molecule has 0 aliphatic carbocycles. The Labute approximate surface area is 204 Å². The Kier molecular flexibility index (Phi) is 9.96. The zero-order chi connectivity index (χ0) is 24.2. The Hall–Kier alpha value is -3.34. The molecule has 0 heterocycles. The van der Waals surface area contributed by atoms with Gasteiger partial charge in [0, 0.05) is 22.3 Å². The van der Waals surface area contributed by atoms with E-state index in [4.69, 9.17) is 17.2 Å². The molecule has 0 unspecified atom stereocenters. The third-order valence-electron chi connectivity index (χ3n) is 5.74. The molecule has 0 aliphatic heterocycles. The molecule has 3 nitrogen and oxygen atoms in total. The Bertz CT molecular complexity index is 1130. The van der Waals surface area contributed by atoms with Crippen molar-refractivity contribution in [3.05, 3.63) is 105 Å². The first-order valence-electron chi connectivity index (χ1n) is 12.1. The number of rotatable bonds is 8. The minimum atomic E-state index is 0.615. The largest absolute Gasteiger partial charge is 0.330 e. The van der Waals surface area contributed by atoms with Crippen LogP contribution in [0.25, 0.3) is 0 Å². The van der Waals surface area contributed by atoms with Gasteiger partial charge in [-0.25, -0.2) is 0 Å². The molecule has 0 spiro atoms. The summed E-state index contributed by atoms with van der Waals surface area (Å²) in [6.07, 6.45) is 4.78. The monoisotopic (exact) mass is 449 g/mol. The van der Waals surface area contributed by atoms with E-state index in [1.54, 1.807) is 0 Å². The molecule has 0 aliphatic rings. The molecule has 3 rings (SSSR count). The summed E-state index contributed by atoms with van der Waals surface area (Å²) in [5, 5.41) is 0. The molecule has 3 heteroatoms. The molecule has 174 valence electrons. The van der Waals surface area contributed by atoms with Crippen LogP contribution >= 0.6 is 0 Å². The maximum absolute atomic E-state index is 5.81. The summed E-state index contributed by atoms with van der Waals surface area (Å²) in [7, 11) is 0. The maximum Gasteiger partial charge on any atom is 0.0261 e. The molecule has 0 fully saturated rings. The summed E-state index contributed by atoms with van der Waals surface area (Å²) in [5.41, 5.74) is 26.4. The third kappa shape index (κ3) is 7.34. The first-order valence-corrected chi connectivity index (χ1v) is 12.1. The van der Waals surface area contributed by atoms with Gasteiger partial charge in [0.15, 0.2) is 0 Å². The topological polar surface area (TPSA) is 78.1 Å². The summed E-state index contributed by atoms with van der Waals surface area (Å²) in [6.45, 7) is 4.10. The average molecular weight is 450 g/mol. The van der Waals surface area contributed by atoms with Gasteiger partial charge in [-0.3, -0.25) is 0 Å². The minimum absolute atomic E-state index is 0.615. The standard InChI is InChI=1S/C31H35N3/c1-2-4-28-13-11-26(22-30(28)16-19-33)9-7-24-5-3-6-25(21-24)8-10-27-12-14-29(15-18-32)31(23-27)17-20-34/h3,5-6,11-14,21-23H,2,4,15-20,32-34H2,1H3. The second-order valence-corrected chi connectivity index (χ2v) is 8.41. The second kappa shape index (κ2) is 13.4. The predicted molar refractivity (Wildman–Crippen MR) is 144 cm³/mol. The van der Waals surface area contributed by atoms with Crippen LogP contribution in [-0.2, 0) is 25.7 Å². The van der Waals surface area contributed by atoms with Crippen LogP contribution < -0.4 is 17.2 Å². The van der Waals surface area contributed by atoms with E-state index in [-0.39, 0.29) is 0 Å². The van der Waals surface area contributed by atoms with E-state index in [2.05, 4.69) is 67.0 Å². The average Bonchev–Trinajstić information content (AvgIpc) is 2.85. The van der Waals surface area contributed by atoms with Crippen LogP contribution in [0.3, 0.4) is 0 Å². The quantitative estimate of drug-likeness (QED) is 0.456. The van der Waals surface area contributed by atoms with Crippen LogP contribution in [0.4, 0.5) is 0 Å². The zero-order valence-electron chi connectivity index (χ0n) is 20.2. The molecule has 0 radical (unpaired) electrons. The first-order chi connectivity index (χ1) is 16.7. The highest BCUT2D eigenvalue weighted by Gasteiger charge is 2.03. The molecular weight excluding hydrogens is 414 g/mol. The molecule has 0 saturated heterocycles. The van der Waals surface area contributed by atoms with Gasteiger partial charge in [-0.15, -0.1) is 0 Å². The lowest BCUT2D eigenvalue weighted by molar-refractivity contribution is 0.878. The van der Waals surface area contributed by atoms with E-state index in [0.717, 1.165) is 54.4 Å². The highest BCUT2D eigenvalue weighted by molar-refractivity contribution is 5.51. The highest BCUT2D eigenvalue weighted by Crippen LogP contribution is 2.15. The zero-order valence-corrected chi connectivity index (χ0v) is 20.2. The summed E-state index contributed by atoms with van der Waals surface area (Å²) in [4.78, 5) is 0. The second-order valence-electron chi connectivity index (χ2n) is 8.41. The van der Waals surface area contributed by atoms with Crippen molar-refractivity contribution in [2.24, 2.45) is 17.2 Å². The van der Waals surface area contributed by atoms with Crippen LogP contribution in [0.15, 0.2) is 60.7 Å². The summed E-state index contributed by atoms with van der Waals surface area (Å²) < 4.78 is 0. The Balaban J connectivity index is 1.80. The van der Waals surface area contributed by atoms with Crippen molar-refractivity contribution in [1.82, 2.24) is 0 Å².